The molecule has 1 atom stereocenters. The molecule has 1 fully saturated rings. The van der Waals surface area contributed by atoms with E-state index in [0.717, 1.165) is 35.4 Å². The van der Waals surface area contributed by atoms with Crippen LogP contribution in [0.15, 0.2) is 18.2 Å². The third-order valence-electron chi connectivity index (χ3n) is 3.89. The van der Waals surface area contributed by atoms with Crippen molar-refractivity contribution in [2.45, 2.75) is 52.0 Å². The molecule has 0 amide bonds. The fraction of sp³-hybridized carbons (Fsp3) is 0.625. The molecule has 1 aliphatic rings. The van der Waals surface area contributed by atoms with Crippen molar-refractivity contribution in [2.24, 2.45) is 5.92 Å². The van der Waals surface area contributed by atoms with Gasteiger partial charge in [-0.05, 0) is 50.3 Å². The van der Waals surface area contributed by atoms with E-state index in [9.17, 15) is 0 Å². The van der Waals surface area contributed by atoms with Crippen LogP contribution >= 0.6 is 11.6 Å². The lowest BCUT2D eigenvalue weighted by Gasteiger charge is -2.23. The zero-order valence-corrected chi connectivity index (χ0v) is 12.7. The minimum atomic E-state index is 0.477. The Labute approximate surface area is 121 Å². The first kappa shape index (κ1) is 14.5. The summed E-state index contributed by atoms with van der Waals surface area (Å²) < 4.78 is 5.78. The van der Waals surface area contributed by atoms with Crippen molar-refractivity contribution in [3.8, 4) is 5.75 Å². The molecule has 106 valence electrons. The molecule has 1 aromatic carbocycles. The molecule has 0 bridgehead atoms. The molecule has 0 aromatic heterocycles. The Morgan fingerprint density at radius 1 is 1.37 bits per heavy atom. The minimum Gasteiger partial charge on any atom is -0.491 e. The first-order valence-electron chi connectivity index (χ1n) is 7.39. The molecule has 1 aliphatic carbocycles. The van der Waals surface area contributed by atoms with Gasteiger partial charge in [0.05, 0.1) is 12.3 Å². The maximum atomic E-state index is 6.10. The molecule has 1 unspecified atom stereocenters. The van der Waals surface area contributed by atoms with Gasteiger partial charge in [0.15, 0.2) is 0 Å². The van der Waals surface area contributed by atoms with Crippen molar-refractivity contribution in [3.63, 3.8) is 0 Å². The van der Waals surface area contributed by atoms with Gasteiger partial charge in [0, 0.05) is 11.1 Å². The van der Waals surface area contributed by atoms with Crippen molar-refractivity contribution >= 4 is 17.3 Å². The summed E-state index contributed by atoms with van der Waals surface area (Å²) in [5, 5.41) is 4.35. The molecule has 2 rings (SSSR count). The standard InChI is InChI=1S/C16H24ClNO/c1-3-10-19-16-9-8-14(17)11-15(16)18-12(2)13-6-4-5-7-13/h8-9,11-13,18H,3-7,10H2,1-2H3. The number of hydrogen-bond acceptors (Lipinski definition) is 2. The SMILES string of the molecule is CCCOc1ccc(Cl)cc1NC(C)C1CCCC1. The predicted octanol–water partition coefficient (Wildman–Crippen LogP) is 5.12. The summed E-state index contributed by atoms with van der Waals surface area (Å²) in [7, 11) is 0. The topological polar surface area (TPSA) is 21.3 Å². The van der Waals surface area contributed by atoms with Gasteiger partial charge in [-0.3, -0.25) is 0 Å². The van der Waals surface area contributed by atoms with Crippen molar-refractivity contribution in [2.75, 3.05) is 11.9 Å². The van der Waals surface area contributed by atoms with Gasteiger partial charge in [0.1, 0.15) is 5.75 Å². The Balaban J connectivity index is 2.05. The Bertz CT molecular complexity index is 402. The molecule has 0 saturated heterocycles. The first-order chi connectivity index (χ1) is 9.20. The molecule has 0 radical (unpaired) electrons. The number of anilines is 1. The number of hydrogen-bond donors (Lipinski definition) is 1. The predicted molar refractivity (Wildman–Crippen MR) is 82.3 cm³/mol. The lowest BCUT2D eigenvalue weighted by atomic mass is 9.99. The highest BCUT2D eigenvalue weighted by atomic mass is 35.5. The van der Waals surface area contributed by atoms with Crippen molar-refractivity contribution < 1.29 is 4.74 Å². The highest BCUT2D eigenvalue weighted by Crippen LogP contribution is 2.33. The molecule has 0 aliphatic heterocycles. The number of benzene rings is 1. The molecule has 1 N–H and O–H groups in total. The van der Waals surface area contributed by atoms with Gasteiger partial charge in [0.2, 0.25) is 0 Å². The van der Waals surface area contributed by atoms with E-state index < -0.39 is 0 Å². The van der Waals surface area contributed by atoms with Gasteiger partial charge in [-0.1, -0.05) is 31.4 Å². The van der Waals surface area contributed by atoms with E-state index in [-0.39, 0.29) is 0 Å². The van der Waals surface area contributed by atoms with E-state index in [4.69, 9.17) is 16.3 Å². The van der Waals surface area contributed by atoms with Gasteiger partial charge >= 0.3 is 0 Å². The van der Waals surface area contributed by atoms with Crippen LogP contribution in [0.3, 0.4) is 0 Å². The van der Waals surface area contributed by atoms with E-state index in [2.05, 4.69) is 19.2 Å². The van der Waals surface area contributed by atoms with Crippen LogP contribution in [0.2, 0.25) is 5.02 Å². The van der Waals surface area contributed by atoms with Gasteiger partial charge in [-0.2, -0.15) is 0 Å². The Hall–Kier alpha value is -0.890. The second-order valence-corrected chi connectivity index (χ2v) is 5.90. The zero-order valence-electron chi connectivity index (χ0n) is 11.9. The average Bonchev–Trinajstić information content (AvgIpc) is 2.92. The highest BCUT2D eigenvalue weighted by molar-refractivity contribution is 6.30. The Morgan fingerprint density at radius 3 is 2.79 bits per heavy atom. The van der Waals surface area contributed by atoms with Crippen LogP contribution in [0, 0.1) is 5.92 Å². The number of halogens is 1. The molecule has 0 heterocycles. The van der Waals surface area contributed by atoms with Crippen molar-refractivity contribution in [1.29, 1.82) is 0 Å². The molecule has 0 spiro atoms. The average molecular weight is 282 g/mol. The summed E-state index contributed by atoms with van der Waals surface area (Å²) in [4.78, 5) is 0. The van der Waals surface area contributed by atoms with Gasteiger partial charge in [-0.25, -0.2) is 0 Å². The summed E-state index contributed by atoms with van der Waals surface area (Å²) in [5.41, 5.74) is 1.03. The summed E-state index contributed by atoms with van der Waals surface area (Å²) in [6.45, 7) is 5.12. The van der Waals surface area contributed by atoms with Gasteiger partial charge < -0.3 is 10.1 Å². The third-order valence-corrected chi connectivity index (χ3v) is 4.13. The molecule has 1 saturated carbocycles. The van der Waals surface area contributed by atoms with Crippen LogP contribution < -0.4 is 10.1 Å². The molecular formula is C16H24ClNO. The minimum absolute atomic E-state index is 0.477. The third kappa shape index (κ3) is 4.04. The maximum absolute atomic E-state index is 6.10. The van der Waals surface area contributed by atoms with E-state index >= 15 is 0 Å². The van der Waals surface area contributed by atoms with Crippen molar-refractivity contribution in [3.05, 3.63) is 23.2 Å². The molecule has 3 heteroatoms. The van der Waals surface area contributed by atoms with E-state index in [1.807, 2.05) is 18.2 Å². The van der Waals surface area contributed by atoms with Crippen LogP contribution in [-0.2, 0) is 0 Å². The van der Waals surface area contributed by atoms with Gasteiger partial charge in [-0.15, -0.1) is 0 Å². The summed E-state index contributed by atoms with van der Waals surface area (Å²) in [6, 6.07) is 6.29. The monoisotopic (exact) mass is 281 g/mol. The van der Waals surface area contributed by atoms with Gasteiger partial charge in [0.25, 0.3) is 0 Å². The van der Waals surface area contributed by atoms with E-state index in [1.165, 1.54) is 25.7 Å². The van der Waals surface area contributed by atoms with Crippen LogP contribution in [0.25, 0.3) is 0 Å². The first-order valence-corrected chi connectivity index (χ1v) is 7.77. The molecule has 19 heavy (non-hydrogen) atoms. The summed E-state index contributed by atoms with van der Waals surface area (Å²) >= 11 is 6.10. The van der Waals surface area contributed by atoms with Crippen LogP contribution in [0.1, 0.15) is 46.0 Å². The number of ether oxygens (including phenoxy) is 1. The van der Waals surface area contributed by atoms with Crippen molar-refractivity contribution in [1.82, 2.24) is 0 Å². The lowest BCUT2D eigenvalue weighted by Crippen LogP contribution is -2.24. The quantitative estimate of drug-likeness (QED) is 0.781. The van der Waals surface area contributed by atoms with E-state index in [0.29, 0.717) is 6.04 Å². The normalized spacial score (nSPS) is 17.4. The molecule has 2 nitrogen and oxygen atoms in total. The summed E-state index contributed by atoms with van der Waals surface area (Å²) in [6.07, 6.45) is 6.41. The van der Waals surface area contributed by atoms with Crippen LogP contribution in [-0.4, -0.2) is 12.6 Å². The highest BCUT2D eigenvalue weighted by Gasteiger charge is 2.22. The fourth-order valence-electron chi connectivity index (χ4n) is 2.77. The number of rotatable bonds is 6. The number of nitrogens with one attached hydrogen (secondary N) is 1. The molecular weight excluding hydrogens is 258 g/mol. The lowest BCUT2D eigenvalue weighted by molar-refractivity contribution is 0.318. The Morgan fingerprint density at radius 2 is 2.11 bits per heavy atom. The Kier molecular flexibility index (Phi) is 5.38. The molecule has 1 aromatic rings. The zero-order chi connectivity index (χ0) is 13.7. The fourth-order valence-corrected chi connectivity index (χ4v) is 2.95. The smallest absolute Gasteiger partial charge is 0.142 e. The summed E-state index contributed by atoms with van der Waals surface area (Å²) in [5.74, 6) is 1.69. The largest absolute Gasteiger partial charge is 0.491 e. The second-order valence-electron chi connectivity index (χ2n) is 5.47. The maximum Gasteiger partial charge on any atom is 0.142 e. The second kappa shape index (κ2) is 7.04. The van der Waals surface area contributed by atoms with Crippen LogP contribution in [0.5, 0.6) is 5.75 Å². The van der Waals surface area contributed by atoms with E-state index in [1.54, 1.807) is 0 Å². The van der Waals surface area contributed by atoms with Crippen LogP contribution in [0.4, 0.5) is 5.69 Å².